The van der Waals surface area contributed by atoms with E-state index in [4.69, 9.17) is 11.6 Å². The van der Waals surface area contributed by atoms with Crippen molar-refractivity contribution in [3.05, 3.63) is 16.4 Å². The summed E-state index contributed by atoms with van der Waals surface area (Å²) in [5.74, 6) is 0.828. The summed E-state index contributed by atoms with van der Waals surface area (Å²) in [5, 5.41) is 8.73. The van der Waals surface area contributed by atoms with E-state index in [-0.39, 0.29) is 0 Å². The van der Waals surface area contributed by atoms with Gasteiger partial charge in [0.2, 0.25) is 0 Å². The van der Waals surface area contributed by atoms with E-state index in [0.29, 0.717) is 6.04 Å². The third-order valence-electron chi connectivity index (χ3n) is 4.23. The summed E-state index contributed by atoms with van der Waals surface area (Å²) in [7, 11) is 1.89. The van der Waals surface area contributed by atoms with Crippen LogP contribution in [0.4, 0.5) is 0 Å². The molecule has 0 aromatic carbocycles. The standard InChI is InChI=1S/C14H24ClN3/c1-10(12-7-5-4-6-8-12)16-9-13-11(2)17-18(3)14(13)15/h10,12,16H,4-9H2,1-3H3. The second kappa shape index (κ2) is 6.07. The number of nitrogens with one attached hydrogen (secondary N) is 1. The molecule has 0 bridgehead atoms. The lowest BCUT2D eigenvalue weighted by Crippen LogP contribution is -2.34. The van der Waals surface area contributed by atoms with Crippen molar-refractivity contribution >= 4 is 11.6 Å². The van der Waals surface area contributed by atoms with Crippen molar-refractivity contribution in [3.63, 3.8) is 0 Å². The SMILES string of the molecule is Cc1nn(C)c(Cl)c1CNC(C)C1CCCCC1. The number of halogens is 1. The van der Waals surface area contributed by atoms with Crippen molar-refractivity contribution in [1.29, 1.82) is 0 Å². The molecule has 1 aliphatic carbocycles. The molecule has 2 rings (SSSR count). The van der Waals surface area contributed by atoms with Crippen molar-refractivity contribution in [3.8, 4) is 0 Å². The van der Waals surface area contributed by atoms with Crippen LogP contribution in [-0.4, -0.2) is 15.8 Å². The van der Waals surface area contributed by atoms with Gasteiger partial charge in [-0.25, -0.2) is 0 Å². The molecular formula is C14H24ClN3. The topological polar surface area (TPSA) is 29.9 Å². The monoisotopic (exact) mass is 269 g/mol. The van der Waals surface area contributed by atoms with Crippen LogP contribution in [0.1, 0.15) is 50.3 Å². The molecule has 1 unspecified atom stereocenters. The lowest BCUT2D eigenvalue weighted by atomic mass is 9.84. The van der Waals surface area contributed by atoms with Gasteiger partial charge in [0.05, 0.1) is 5.69 Å². The Morgan fingerprint density at radius 3 is 2.61 bits per heavy atom. The van der Waals surface area contributed by atoms with Crippen LogP contribution in [-0.2, 0) is 13.6 Å². The zero-order valence-electron chi connectivity index (χ0n) is 11.7. The number of hydrogen-bond acceptors (Lipinski definition) is 2. The fraction of sp³-hybridized carbons (Fsp3) is 0.786. The fourth-order valence-corrected chi connectivity index (χ4v) is 3.18. The second-order valence-electron chi connectivity index (χ2n) is 5.55. The summed E-state index contributed by atoms with van der Waals surface area (Å²) < 4.78 is 1.75. The third-order valence-corrected chi connectivity index (χ3v) is 4.70. The first-order chi connectivity index (χ1) is 8.59. The molecule has 1 fully saturated rings. The summed E-state index contributed by atoms with van der Waals surface area (Å²) in [5.41, 5.74) is 2.17. The third kappa shape index (κ3) is 3.07. The van der Waals surface area contributed by atoms with Gasteiger partial charge in [-0.15, -0.1) is 0 Å². The Balaban J connectivity index is 1.90. The Morgan fingerprint density at radius 1 is 1.39 bits per heavy atom. The highest BCUT2D eigenvalue weighted by molar-refractivity contribution is 6.30. The van der Waals surface area contributed by atoms with Gasteiger partial charge in [0.25, 0.3) is 0 Å². The highest BCUT2D eigenvalue weighted by Crippen LogP contribution is 2.27. The molecule has 1 saturated carbocycles. The molecule has 0 aliphatic heterocycles. The van der Waals surface area contributed by atoms with E-state index >= 15 is 0 Å². The van der Waals surface area contributed by atoms with Crippen molar-refractivity contribution in [2.24, 2.45) is 13.0 Å². The van der Waals surface area contributed by atoms with Crippen molar-refractivity contribution in [2.45, 2.75) is 58.5 Å². The van der Waals surface area contributed by atoms with E-state index in [1.165, 1.54) is 32.1 Å². The molecule has 0 amide bonds. The van der Waals surface area contributed by atoms with Gasteiger partial charge in [0.1, 0.15) is 5.15 Å². The van der Waals surface area contributed by atoms with E-state index in [0.717, 1.165) is 28.9 Å². The fourth-order valence-electron chi connectivity index (χ4n) is 2.94. The molecular weight excluding hydrogens is 246 g/mol. The van der Waals surface area contributed by atoms with Crippen LogP contribution in [0.15, 0.2) is 0 Å². The molecule has 1 aromatic rings. The molecule has 102 valence electrons. The predicted octanol–water partition coefficient (Wildman–Crippen LogP) is 3.44. The summed E-state index contributed by atoms with van der Waals surface area (Å²) in [6.45, 7) is 5.15. The average Bonchev–Trinajstić information content (AvgIpc) is 2.62. The van der Waals surface area contributed by atoms with E-state index in [1.807, 2.05) is 14.0 Å². The quantitative estimate of drug-likeness (QED) is 0.907. The van der Waals surface area contributed by atoms with E-state index in [2.05, 4.69) is 17.3 Å². The number of nitrogens with zero attached hydrogens (tertiary/aromatic N) is 2. The Labute approximate surface area is 115 Å². The lowest BCUT2D eigenvalue weighted by molar-refractivity contribution is 0.280. The molecule has 1 N–H and O–H groups in total. The van der Waals surface area contributed by atoms with Gasteiger partial charge in [0.15, 0.2) is 0 Å². The Morgan fingerprint density at radius 2 is 2.06 bits per heavy atom. The van der Waals surface area contributed by atoms with Crippen LogP contribution in [0.2, 0.25) is 5.15 Å². The molecule has 4 heteroatoms. The first kappa shape index (κ1) is 13.9. The van der Waals surface area contributed by atoms with Crippen LogP contribution in [0.25, 0.3) is 0 Å². The van der Waals surface area contributed by atoms with Gasteiger partial charge in [-0.2, -0.15) is 5.10 Å². The normalized spacial score (nSPS) is 19.1. The molecule has 1 aromatic heterocycles. The molecule has 0 spiro atoms. The van der Waals surface area contributed by atoms with Crippen LogP contribution >= 0.6 is 11.6 Å². The highest BCUT2D eigenvalue weighted by atomic mass is 35.5. The van der Waals surface area contributed by atoms with E-state index in [1.54, 1.807) is 4.68 Å². The Kier molecular flexibility index (Phi) is 4.68. The van der Waals surface area contributed by atoms with Crippen molar-refractivity contribution < 1.29 is 0 Å². The molecule has 1 atom stereocenters. The highest BCUT2D eigenvalue weighted by Gasteiger charge is 2.20. The van der Waals surface area contributed by atoms with Gasteiger partial charge < -0.3 is 5.32 Å². The Hall–Kier alpha value is -0.540. The number of aromatic nitrogens is 2. The summed E-state index contributed by atoms with van der Waals surface area (Å²) in [6, 6.07) is 0.570. The number of hydrogen-bond donors (Lipinski definition) is 1. The maximum Gasteiger partial charge on any atom is 0.131 e. The van der Waals surface area contributed by atoms with E-state index in [9.17, 15) is 0 Å². The number of rotatable bonds is 4. The van der Waals surface area contributed by atoms with Gasteiger partial charge in [-0.3, -0.25) is 4.68 Å². The molecule has 0 saturated heterocycles. The van der Waals surface area contributed by atoms with Gasteiger partial charge in [-0.1, -0.05) is 30.9 Å². The minimum absolute atomic E-state index is 0.570. The largest absolute Gasteiger partial charge is 0.310 e. The lowest BCUT2D eigenvalue weighted by Gasteiger charge is -2.28. The molecule has 0 radical (unpaired) electrons. The molecule has 3 nitrogen and oxygen atoms in total. The predicted molar refractivity (Wildman–Crippen MR) is 75.8 cm³/mol. The summed E-state index contributed by atoms with van der Waals surface area (Å²) >= 11 is 6.24. The maximum atomic E-state index is 6.24. The zero-order valence-corrected chi connectivity index (χ0v) is 12.4. The summed E-state index contributed by atoms with van der Waals surface area (Å²) in [4.78, 5) is 0. The van der Waals surface area contributed by atoms with Crippen LogP contribution in [0.3, 0.4) is 0 Å². The number of aryl methyl sites for hydroxylation is 2. The minimum atomic E-state index is 0.570. The maximum absolute atomic E-state index is 6.24. The first-order valence-electron chi connectivity index (χ1n) is 7.01. The molecule has 18 heavy (non-hydrogen) atoms. The van der Waals surface area contributed by atoms with Crippen LogP contribution in [0, 0.1) is 12.8 Å². The Bertz CT molecular complexity index is 394. The molecule has 1 heterocycles. The van der Waals surface area contributed by atoms with E-state index < -0.39 is 0 Å². The van der Waals surface area contributed by atoms with Crippen molar-refractivity contribution in [1.82, 2.24) is 15.1 Å². The van der Waals surface area contributed by atoms with Gasteiger partial charge in [0, 0.05) is 25.2 Å². The minimum Gasteiger partial charge on any atom is -0.310 e. The van der Waals surface area contributed by atoms with Gasteiger partial charge in [-0.05, 0) is 32.6 Å². The summed E-state index contributed by atoms with van der Waals surface area (Å²) in [6.07, 6.45) is 6.94. The smallest absolute Gasteiger partial charge is 0.131 e. The average molecular weight is 270 g/mol. The first-order valence-corrected chi connectivity index (χ1v) is 7.38. The van der Waals surface area contributed by atoms with Gasteiger partial charge >= 0.3 is 0 Å². The van der Waals surface area contributed by atoms with Crippen molar-refractivity contribution in [2.75, 3.05) is 0 Å². The second-order valence-corrected chi connectivity index (χ2v) is 5.90. The molecule has 1 aliphatic rings. The zero-order chi connectivity index (χ0) is 13.1. The van der Waals surface area contributed by atoms with Crippen LogP contribution < -0.4 is 5.32 Å². The van der Waals surface area contributed by atoms with Crippen LogP contribution in [0.5, 0.6) is 0 Å².